The lowest BCUT2D eigenvalue weighted by Crippen LogP contribution is -2.43. The second-order valence-corrected chi connectivity index (χ2v) is 10.8. The Labute approximate surface area is 186 Å². The van der Waals surface area contributed by atoms with Gasteiger partial charge >= 0.3 is 0 Å². The van der Waals surface area contributed by atoms with Crippen molar-refractivity contribution in [1.29, 1.82) is 0 Å². The Morgan fingerprint density at radius 2 is 1.90 bits per heavy atom. The number of hydrogen-bond donors (Lipinski definition) is 1. The van der Waals surface area contributed by atoms with Crippen molar-refractivity contribution in [1.82, 2.24) is 9.29 Å². The van der Waals surface area contributed by atoms with Crippen molar-refractivity contribution in [2.45, 2.75) is 31.6 Å². The molecule has 1 aromatic heterocycles. The summed E-state index contributed by atoms with van der Waals surface area (Å²) in [7, 11) is -2.14. The lowest BCUT2D eigenvalue weighted by Gasteiger charge is -2.31. The zero-order chi connectivity index (χ0) is 22.2. The number of amides is 1. The topological polar surface area (TPSA) is 88.6 Å². The summed E-state index contributed by atoms with van der Waals surface area (Å²) in [5.74, 6) is -0.0181. The van der Waals surface area contributed by atoms with Gasteiger partial charge in [-0.25, -0.2) is 13.4 Å². The molecule has 1 N–H and O–H groups in total. The minimum Gasteiger partial charge on any atom is -0.497 e. The second-order valence-electron chi connectivity index (χ2n) is 7.79. The molecule has 1 aliphatic heterocycles. The van der Waals surface area contributed by atoms with E-state index in [4.69, 9.17) is 4.74 Å². The molecule has 1 fully saturated rings. The van der Waals surface area contributed by atoms with Gasteiger partial charge < -0.3 is 10.1 Å². The van der Waals surface area contributed by atoms with Gasteiger partial charge in [0.25, 0.3) is 0 Å². The van der Waals surface area contributed by atoms with Gasteiger partial charge in [0.1, 0.15) is 5.75 Å². The standard InChI is InChI=1S/C22H25N3O4S2/c1-14-11-19-20(12-15(14)2)30-22(23-19)24-21(26)16-5-4-10-25(13-16)31(27,28)18-8-6-17(29-3)7-9-18/h6-9,11-12,16H,4-5,10,13H2,1-3H3,(H,23,24,26). The second kappa shape index (κ2) is 8.57. The van der Waals surface area contributed by atoms with Crippen LogP contribution in [-0.4, -0.2) is 43.8 Å². The Hall–Kier alpha value is -2.49. The maximum Gasteiger partial charge on any atom is 0.243 e. The summed E-state index contributed by atoms with van der Waals surface area (Å²) in [6, 6.07) is 10.4. The lowest BCUT2D eigenvalue weighted by molar-refractivity contribution is -0.120. The molecule has 9 heteroatoms. The Morgan fingerprint density at radius 3 is 2.61 bits per heavy atom. The number of benzene rings is 2. The number of carbonyl (C=O) groups is 1. The van der Waals surface area contributed by atoms with Gasteiger partial charge in [-0.3, -0.25) is 4.79 Å². The molecule has 7 nitrogen and oxygen atoms in total. The van der Waals surface area contributed by atoms with Crippen LogP contribution in [0.3, 0.4) is 0 Å². The van der Waals surface area contributed by atoms with E-state index in [-0.39, 0.29) is 17.3 Å². The molecule has 1 aliphatic rings. The normalized spacial score (nSPS) is 17.6. The number of nitrogens with zero attached hydrogens (tertiary/aromatic N) is 2. The van der Waals surface area contributed by atoms with Crippen LogP contribution < -0.4 is 10.1 Å². The first kappa shape index (κ1) is 21.7. The SMILES string of the molecule is COc1ccc(S(=O)(=O)N2CCCC(C(=O)Nc3nc4cc(C)c(C)cc4s3)C2)cc1. The maximum atomic E-state index is 13.0. The predicted octanol–water partition coefficient (Wildman–Crippen LogP) is 3.96. The third kappa shape index (κ3) is 4.44. The highest BCUT2D eigenvalue weighted by molar-refractivity contribution is 7.89. The van der Waals surface area contributed by atoms with Crippen LogP contribution >= 0.6 is 11.3 Å². The van der Waals surface area contributed by atoms with Crippen molar-refractivity contribution in [2.75, 3.05) is 25.5 Å². The quantitative estimate of drug-likeness (QED) is 0.624. The summed E-state index contributed by atoms with van der Waals surface area (Å²) in [6.07, 6.45) is 1.27. The molecule has 1 saturated heterocycles. The number of nitrogens with one attached hydrogen (secondary N) is 1. The molecule has 0 aliphatic carbocycles. The molecule has 164 valence electrons. The highest BCUT2D eigenvalue weighted by Gasteiger charge is 2.33. The summed E-state index contributed by atoms with van der Waals surface area (Å²) in [5, 5.41) is 3.44. The molecule has 1 amide bonds. The average molecular weight is 460 g/mol. The first-order chi connectivity index (χ1) is 14.8. The number of methoxy groups -OCH3 is 1. The Bertz CT molecular complexity index is 1180. The first-order valence-corrected chi connectivity index (χ1v) is 12.4. The summed E-state index contributed by atoms with van der Waals surface area (Å²) in [4.78, 5) is 17.6. The van der Waals surface area contributed by atoms with Crippen molar-refractivity contribution >= 4 is 42.6 Å². The number of sulfonamides is 1. The molecule has 2 aromatic carbocycles. The molecule has 0 bridgehead atoms. The number of thiazole rings is 1. The fraction of sp³-hybridized carbons (Fsp3) is 0.364. The lowest BCUT2D eigenvalue weighted by atomic mass is 9.99. The van der Waals surface area contributed by atoms with Crippen molar-refractivity contribution < 1.29 is 17.9 Å². The highest BCUT2D eigenvalue weighted by atomic mass is 32.2. The van der Waals surface area contributed by atoms with Gasteiger partial charge in [-0.15, -0.1) is 0 Å². The van der Waals surface area contributed by atoms with E-state index in [1.54, 1.807) is 12.1 Å². The van der Waals surface area contributed by atoms with E-state index in [0.717, 1.165) is 15.8 Å². The van der Waals surface area contributed by atoms with Crippen molar-refractivity contribution in [3.63, 3.8) is 0 Å². The minimum absolute atomic E-state index is 0.156. The monoisotopic (exact) mass is 459 g/mol. The number of aryl methyl sites for hydroxylation is 2. The van der Waals surface area contributed by atoms with E-state index in [1.165, 1.54) is 40.4 Å². The third-order valence-electron chi connectivity index (χ3n) is 5.69. The zero-order valence-corrected chi connectivity index (χ0v) is 19.3. The highest BCUT2D eigenvalue weighted by Crippen LogP contribution is 2.30. The number of rotatable bonds is 5. The Balaban J connectivity index is 1.48. The molecule has 2 heterocycles. The number of carbonyl (C=O) groups excluding carboxylic acids is 1. The summed E-state index contributed by atoms with van der Waals surface area (Å²) in [6.45, 7) is 4.64. The number of hydrogen-bond acceptors (Lipinski definition) is 6. The molecule has 0 radical (unpaired) electrons. The van der Waals surface area contributed by atoms with E-state index in [2.05, 4.69) is 16.4 Å². The Morgan fingerprint density at radius 1 is 1.19 bits per heavy atom. The van der Waals surface area contributed by atoms with Gasteiger partial charge in [-0.1, -0.05) is 11.3 Å². The van der Waals surface area contributed by atoms with Crippen LogP contribution in [0.2, 0.25) is 0 Å². The molecule has 0 spiro atoms. The van der Waals surface area contributed by atoms with E-state index in [0.29, 0.717) is 30.3 Å². The third-order valence-corrected chi connectivity index (χ3v) is 8.50. The molecule has 0 saturated carbocycles. The number of aromatic nitrogens is 1. The van der Waals surface area contributed by atoms with Crippen LogP contribution in [0, 0.1) is 19.8 Å². The maximum absolute atomic E-state index is 13.0. The van der Waals surface area contributed by atoms with E-state index in [9.17, 15) is 13.2 Å². The van der Waals surface area contributed by atoms with Crippen molar-refractivity contribution in [3.05, 3.63) is 47.5 Å². The fourth-order valence-electron chi connectivity index (χ4n) is 3.71. The van der Waals surface area contributed by atoms with Gasteiger partial charge in [0, 0.05) is 13.1 Å². The van der Waals surface area contributed by atoms with Crippen LogP contribution in [0.1, 0.15) is 24.0 Å². The summed E-state index contributed by atoms with van der Waals surface area (Å²) in [5.41, 5.74) is 3.19. The van der Waals surface area contributed by atoms with E-state index >= 15 is 0 Å². The largest absolute Gasteiger partial charge is 0.497 e. The number of anilines is 1. The van der Waals surface area contributed by atoms with Crippen LogP contribution in [0.4, 0.5) is 5.13 Å². The molecule has 3 aromatic rings. The Kier molecular flexibility index (Phi) is 6.00. The summed E-state index contributed by atoms with van der Waals surface area (Å²) < 4.78 is 33.6. The predicted molar refractivity (Wildman–Crippen MR) is 122 cm³/mol. The molecular weight excluding hydrogens is 434 g/mol. The fourth-order valence-corrected chi connectivity index (χ4v) is 6.18. The molecule has 1 unspecified atom stereocenters. The average Bonchev–Trinajstić information content (AvgIpc) is 3.14. The first-order valence-electron chi connectivity index (χ1n) is 10.1. The zero-order valence-electron chi connectivity index (χ0n) is 17.7. The molecular formula is C22H25N3O4S2. The van der Waals surface area contributed by atoms with Crippen LogP contribution in [-0.2, 0) is 14.8 Å². The molecule has 4 rings (SSSR count). The van der Waals surface area contributed by atoms with E-state index in [1.807, 2.05) is 19.9 Å². The van der Waals surface area contributed by atoms with Crippen LogP contribution in [0.15, 0.2) is 41.3 Å². The van der Waals surface area contributed by atoms with E-state index < -0.39 is 15.9 Å². The van der Waals surface area contributed by atoms with Crippen molar-refractivity contribution in [3.8, 4) is 5.75 Å². The smallest absolute Gasteiger partial charge is 0.243 e. The minimum atomic E-state index is -3.67. The molecule has 1 atom stereocenters. The number of ether oxygens (including phenoxy) is 1. The van der Waals surface area contributed by atoms with Gasteiger partial charge in [0.15, 0.2) is 5.13 Å². The summed E-state index contributed by atoms with van der Waals surface area (Å²) >= 11 is 1.43. The van der Waals surface area contributed by atoms with Gasteiger partial charge in [-0.05, 0) is 74.2 Å². The molecule has 31 heavy (non-hydrogen) atoms. The van der Waals surface area contributed by atoms with Crippen LogP contribution in [0.5, 0.6) is 5.75 Å². The van der Waals surface area contributed by atoms with Gasteiger partial charge in [0.05, 0.1) is 28.1 Å². The number of fused-ring (bicyclic) bond motifs is 1. The van der Waals surface area contributed by atoms with Crippen molar-refractivity contribution in [2.24, 2.45) is 5.92 Å². The van der Waals surface area contributed by atoms with Gasteiger partial charge in [0.2, 0.25) is 15.9 Å². The van der Waals surface area contributed by atoms with Gasteiger partial charge in [-0.2, -0.15) is 4.31 Å². The number of piperidine rings is 1. The van der Waals surface area contributed by atoms with Crippen LogP contribution in [0.25, 0.3) is 10.2 Å².